The molecule has 1 aliphatic rings. The first-order valence-corrected chi connectivity index (χ1v) is 8.49. The molecule has 2 aromatic carbocycles. The molecular weight excluding hydrogens is 315 g/mol. The summed E-state index contributed by atoms with van der Waals surface area (Å²) in [6.07, 6.45) is 2.39. The Morgan fingerprint density at radius 2 is 1.84 bits per heavy atom. The van der Waals surface area contributed by atoms with Crippen LogP contribution in [-0.4, -0.2) is 16.7 Å². The predicted octanol–water partition coefficient (Wildman–Crippen LogP) is 5.18. The summed E-state index contributed by atoms with van der Waals surface area (Å²) in [5, 5.41) is 6.80. The van der Waals surface area contributed by atoms with Crippen molar-refractivity contribution in [2.45, 2.75) is 18.8 Å². The molecule has 124 valence electrons. The summed E-state index contributed by atoms with van der Waals surface area (Å²) >= 11 is 0. The van der Waals surface area contributed by atoms with Crippen molar-refractivity contribution in [1.82, 2.24) is 9.61 Å². The number of halogens is 1. The standard InChI is InChI=1S/C21H17FN2O/c1-25-17-8-5-13(6-9-17)19-12-21-18-11-16(22)7-4-15(18)10-20(14-2-3-14)24(21)23-19/h4-12,14H,2-3H2,1H3. The third kappa shape index (κ3) is 2.37. The number of fused-ring (bicyclic) bond motifs is 3. The van der Waals surface area contributed by atoms with Gasteiger partial charge in [0.2, 0.25) is 0 Å². The molecule has 0 unspecified atom stereocenters. The fraction of sp³-hybridized carbons (Fsp3) is 0.190. The van der Waals surface area contributed by atoms with Crippen LogP contribution in [0.3, 0.4) is 0 Å². The zero-order chi connectivity index (χ0) is 17.0. The summed E-state index contributed by atoms with van der Waals surface area (Å²) in [7, 11) is 1.66. The highest BCUT2D eigenvalue weighted by Gasteiger charge is 2.27. The van der Waals surface area contributed by atoms with Crippen molar-refractivity contribution in [3.05, 3.63) is 66.1 Å². The summed E-state index contributed by atoms with van der Waals surface area (Å²) in [5.41, 5.74) is 4.09. The molecule has 0 saturated heterocycles. The Balaban J connectivity index is 1.77. The van der Waals surface area contributed by atoms with Crippen LogP contribution in [0.4, 0.5) is 4.39 Å². The Morgan fingerprint density at radius 3 is 2.56 bits per heavy atom. The first-order valence-electron chi connectivity index (χ1n) is 8.49. The summed E-state index contributed by atoms with van der Waals surface area (Å²) in [4.78, 5) is 0. The van der Waals surface area contributed by atoms with Crippen molar-refractivity contribution in [2.24, 2.45) is 0 Å². The van der Waals surface area contributed by atoms with Crippen molar-refractivity contribution in [3.8, 4) is 17.0 Å². The van der Waals surface area contributed by atoms with Gasteiger partial charge >= 0.3 is 0 Å². The number of rotatable bonds is 3. The Kier molecular flexibility index (Phi) is 3.07. The highest BCUT2D eigenvalue weighted by molar-refractivity contribution is 5.97. The zero-order valence-corrected chi connectivity index (χ0v) is 13.9. The second kappa shape index (κ2) is 5.31. The van der Waals surface area contributed by atoms with Gasteiger partial charge in [-0.1, -0.05) is 6.07 Å². The van der Waals surface area contributed by atoms with E-state index < -0.39 is 0 Å². The molecule has 4 heteroatoms. The second-order valence-electron chi connectivity index (χ2n) is 6.63. The van der Waals surface area contributed by atoms with Crippen LogP contribution in [0.1, 0.15) is 24.5 Å². The van der Waals surface area contributed by atoms with Crippen LogP contribution in [0.5, 0.6) is 5.75 Å². The van der Waals surface area contributed by atoms with Gasteiger partial charge in [0, 0.05) is 22.6 Å². The SMILES string of the molecule is COc1ccc(-c2cc3c4cc(F)ccc4cc(C4CC4)n3n2)cc1. The average Bonchev–Trinajstić information content (AvgIpc) is 3.38. The molecule has 0 amide bonds. The lowest BCUT2D eigenvalue weighted by molar-refractivity contribution is 0.415. The van der Waals surface area contributed by atoms with Crippen molar-refractivity contribution in [3.63, 3.8) is 0 Å². The maximum absolute atomic E-state index is 13.8. The lowest BCUT2D eigenvalue weighted by Crippen LogP contribution is -1.98. The largest absolute Gasteiger partial charge is 0.497 e. The van der Waals surface area contributed by atoms with E-state index in [0.29, 0.717) is 5.92 Å². The summed E-state index contributed by atoms with van der Waals surface area (Å²) in [5.74, 6) is 1.15. The number of ether oxygens (including phenoxy) is 1. The molecule has 4 aromatic rings. The lowest BCUT2D eigenvalue weighted by atomic mass is 10.1. The molecule has 2 heterocycles. The van der Waals surface area contributed by atoms with Crippen LogP contribution < -0.4 is 4.74 Å². The van der Waals surface area contributed by atoms with E-state index in [9.17, 15) is 4.39 Å². The van der Waals surface area contributed by atoms with Gasteiger partial charge in [-0.3, -0.25) is 0 Å². The van der Waals surface area contributed by atoms with E-state index >= 15 is 0 Å². The normalized spacial score (nSPS) is 14.3. The number of aromatic nitrogens is 2. The van der Waals surface area contributed by atoms with E-state index in [1.807, 2.05) is 34.8 Å². The van der Waals surface area contributed by atoms with E-state index in [1.54, 1.807) is 13.2 Å². The van der Waals surface area contributed by atoms with Gasteiger partial charge < -0.3 is 4.74 Å². The predicted molar refractivity (Wildman–Crippen MR) is 96.6 cm³/mol. The van der Waals surface area contributed by atoms with Crippen molar-refractivity contribution in [2.75, 3.05) is 7.11 Å². The zero-order valence-electron chi connectivity index (χ0n) is 13.9. The van der Waals surface area contributed by atoms with E-state index in [2.05, 4.69) is 12.1 Å². The molecular formula is C21H17FN2O. The fourth-order valence-electron chi connectivity index (χ4n) is 3.44. The molecule has 5 rings (SSSR count). The van der Waals surface area contributed by atoms with Gasteiger partial charge in [0.25, 0.3) is 0 Å². The molecule has 0 radical (unpaired) electrons. The third-order valence-electron chi connectivity index (χ3n) is 4.93. The number of nitrogens with zero attached hydrogens (tertiary/aromatic N) is 2. The maximum Gasteiger partial charge on any atom is 0.123 e. The van der Waals surface area contributed by atoms with Crippen LogP contribution >= 0.6 is 0 Å². The fourth-order valence-corrected chi connectivity index (χ4v) is 3.44. The minimum atomic E-state index is -0.222. The van der Waals surface area contributed by atoms with Gasteiger partial charge in [0.1, 0.15) is 11.6 Å². The molecule has 1 aliphatic carbocycles. The molecule has 0 aliphatic heterocycles. The van der Waals surface area contributed by atoms with Crippen LogP contribution in [0.15, 0.2) is 54.6 Å². The molecule has 0 bridgehead atoms. The summed E-state index contributed by atoms with van der Waals surface area (Å²) in [6, 6.07) is 17.0. The third-order valence-corrected chi connectivity index (χ3v) is 4.93. The van der Waals surface area contributed by atoms with Gasteiger partial charge in [-0.05, 0) is 66.8 Å². The van der Waals surface area contributed by atoms with Crippen molar-refractivity contribution < 1.29 is 9.13 Å². The van der Waals surface area contributed by atoms with E-state index in [-0.39, 0.29) is 5.82 Å². The molecule has 2 aromatic heterocycles. The number of hydrogen-bond donors (Lipinski definition) is 0. The quantitative estimate of drug-likeness (QED) is 0.517. The Hall–Kier alpha value is -2.88. The van der Waals surface area contributed by atoms with Crippen LogP contribution in [0.25, 0.3) is 27.5 Å². The summed E-state index contributed by atoms with van der Waals surface area (Å²) < 4.78 is 21.0. The van der Waals surface area contributed by atoms with Crippen LogP contribution in [0, 0.1) is 5.82 Å². The highest BCUT2D eigenvalue weighted by Crippen LogP contribution is 2.42. The number of pyridine rings is 1. The van der Waals surface area contributed by atoms with Gasteiger partial charge in [0.15, 0.2) is 0 Å². The highest BCUT2D eigenvalue weighted by atomic mass is 19.1. The van der Waals surface area contributed by atoms with Crippen molar-refractivity contribution >= 4 is 16.3 Å². The van der Waals surface area contributed by atoms with E-state index in [4.69, 9.17) is 9.84 Å². The van der Waals surface area contributed by atoms with E-state index in [1.165, 1.54) is 24.6 Å². The van der Waals surface area contributed by atoms with Gasteiger partial charge in [-0.25, -0.2) is 8.91 Å². The topological polar surface area (TPSA) is 26.5 Å². The minimum absolute atomic E-state index is 0.222. The molecule has 1 saturated carbocycles. The van der Waals surface area contributed by atoms with Gasteiger partial charge in [0.05, 0.1) is 18.3 Å². The monoisotopic (exact) mass is 332 g/mol. The first-order chi connectivity index (χ1) is 12.2. The molecule has 3 nitrogen and oxygen atoms in total. The Labute approximate surface area is 144 Å². The molecule has 0 spiro atoms. The Bertz CT molecular complexity index is 1090. The van der Waals surface area contributed by atoms with Crippen LogP contribution in [0.2, 0.25) is 0 Å². The minimum Gasteiger partial charge on any atom is -0.497 e. The second-order valence-corrected chi connectivity index (χ2v) is 6.63. The summed E-state index contributed by atoms with van der Waals surface area (Å²) in [6.45, 7) is 0. The van der Waals surface area contributed by atoms with Crippen molar-refractivity contribution in [1.29, 1.82) is 0 Å². The average molecular weight is 332 g/mol. The van der Waals surface area contributed by atoms with Gasteiger partial charge in [-0.15, -0.1) is 0 Å². The number of hydrogen-bond acceptors (Lipinski definition) is 2. The molecule has 0 atom stereocenters. The molecule has 25 heavy (non-hydrogen) atoms. The smallest absolute Gasteiger partial charge is 0.123 e. The van der Waals surface area contributed by atoms with Gasteiger partial charge in [-0.2, -0.15) is 5.10 Å². The Morgan fingerprint density at radius 1 is 1.04 bits per heavy atom. The molecule has 0 N–H and O–H groups in total. The maximum atomic E-state index is 13.8. The number of methoxy groups -OCH3 is 1. The van der Waals surface area contributed by atoms with Crippen LogP contribution in [-0.2, 0) is 0 Å². The lowest BCUT2D eigenvalue weighted by Gasteiger charge is -2.07. The first kappa shape index (κ1) is 14.5. The number of benzene rings is 2. The molecule has 1 fully saturated rings. The van der Waals surface area contributed by atoms with E-state index in [0.717, 1.165) is 33.3 Å².